The molecule has 0 radical (unpaired) electrons. The van der Waals surface area contributed by atoms with Crippen molar-refractivity contribution in [2.45, 2.75) is 25.2 Å². The second-order valence-electron chi connectivity index (χ2n) is 5.76. The Morgan fingerprint density at radius 2 is 2.00 bits per heavy atom. The fourth-order valence-electron chi connectivity index (χ4n) is 2.87. The second-order valence-corrected chi connectivity index (χ2v) is 8.09. The van der Waals surface area contributed by atoms with Crippen LogP contribution in [0.25, 0.3) is 0 Å². The zero-order valence-corrected chi connectivity index (χ0v) is 14.3. The molecule has 0 saturated carbocycles. The van der Waals surface area contributed by atoms with Gasteiger partial charge in [0.2, 0.25) is 10.0 Å². The molecule has 1 unspecified atom stereocenters. The van der Waals surface area contributed by atoms with Crippen molar-refractivity contribution in [3.63, 3.8) is 0 Å². The molecule has 23 heavy (non-hydrogen) atoms. The molecule has 1 N–H and O–H groups in total. The summed E-state index contributed by atoms with van der Waals surface area (Å²) >= 11 is 5.98. The SMILES string of the molecule is Cc1ccccc1CS(=O)(=O)N1CCC(O)c2cc(Cl)ccc21. The highest BCUT2D eigenvalue weighted by molar-refractivity contribution is 7.92. The maximum atomic E-state index is 12.9. The topological polar surface area (TPSA) is 57.6 Å². The Morgan fingerprint density at radius 3 is 2.74 bits per heavy atom. The van der Waals surface area contributed by atoms with Crippen LogP contribution in [-0.4, -0.2) is 20.1 Å². The van der Waals surface area contributed by atoms with E-state index in [1.165, 1.54) is 4.31 Å². The van der Waals surface area contributed by atoms with E-state index >= 15 is 0 Å². The van der Waals surface area contributed by atoms with Gasteiger partial charge in [0.05, 0.1) is 17.5 Å². The van der Waals surface area contributed by atoms with Gasteiger partial charge in [0, 0.05) is 17.1 Å². The summed E-state index contributed by atoms with van der Waals surface area (Å²) in [5, 5.41) is 10.6. The van der Waals surface area contributed by atoms with Crippen molar-refractivity contribution < 1.29 is 13.5 Å². The van der Waals surface area contributed by atoms with Gasteiger partial charge in [-0.15, -0.1) is 0 Å². The van der Waals surface area contributed by atoms with Crippen molar-refractivity contribution >= 4 is 27.3 Å². The van der Waals surface area contributed by atoms with E-state index in [9.17, 15) is 13.5 Å². The molecule has 0 fully saturated rings. The van der Waals surface area contributed by atoms with Crippen LogP contribution in [0.15, 0.2) is 42.5 Å². The van der Waals surface area contributed by atoms with Crippen molar-refractivity contribution in [2.75, 3.05) is 10.8 Å². The quantitative estimate of drug-likeness (QED) is 0.921. The third-order valence-electron chi connectivity index (χ3n) is 4.16. The Balaban J connectivity index is 1.99. The van der Waals surface area contributed by atoms with Crippen LogP contribution in [0.3, 0.4) is 0 Å². The third kappa shape index (κ3) is 3.22. The number of hydrogen-bond donors (Lipinski definition) is 1. The van der Waals surface area contributed by atoms with Crippen LogP contribution < -0.4 is 4.31 Å². The number of sulfonamides is 1. The number of aryl methyl sites for hydroxylation is 1. The summed E-state index contributed by atoms with van der Waals surface area (Å²) < 4.78 is 27.1. The van der Waals surface area contributed by atoms with Crippen LogP contribution >= 0.6 is 11.6 Å². The third-order valence-corrected chi connectivity index (χ3v) is 6.12. The first-order valence-electron chi connectivity index (χ1n) is 7.41. The minimum atomic E-state index is -3.53. The van der Waals surface area contributed by atoms with Gasteiger partial charge in [0.1, 0.15) is 0 Å². The van der Waals surface area contributed by atoms with Gasteiger partial charge in [-0.2, -0.15) is 0 Å². The lowest BCUT2D eigenvalue weighted by molar-refractivity contribution is 0.166. The van der Waals surface area contributed by atoms with E-state index in [0.717, 1.165) is 11.1 Å². The van der Waals surface area contributed by atoms with Crippen LogP contribution in [0.1, 0.15) is 29.2 Å². The van der Waals surface area contributed by atoms with Gasteiger partial charge in [0.25, 0.3) is 0 Å². The standard InChI is InChI=1S/C17H18ClNO3S/c1-12-4-2-3-5-13(12)11-23(21,22)19-9-8-17(20)15-10-14(18)6-7-16(15)19/h2-7,10,17,20H,8-9,11H2,1H3. The zero-order valence-electron chi connectivity index (χ0n) is 12.7. The first-order chi connectivity index (χ1) is 10.9. The fraction of sp³-hybridized carbons (Fsp3) is 0.294. The van der Waals surface area contributed by atoms with E-state index in [1.807, 2.05) is 31.2 Å². The van der Waals surface area contributed by atoms with Gasteiger partial charge in [0.15, 0.2) is 0 Å². The molecular formula is C17H18ClNO3S. The summed E-state index contributed by atoms with van der Waals surface area (Å²) in [6.07, 6.45) is -0.325. The van der Waals surface area contributed by atoms with Gasteiger partial charge in [-0.3, -0.25) is 4.31 Å². The van der Waals surface area contributed by atoms with E-state index in [4.69, 9.17) is 11.6 Å². The van der Waals surface area contributed by atoms with Gasteiger partial charge >= 0.3 is 0 Å². The molecule has 0 spiro atoms. The Morgan fingerprint density at radius 1 is 1.26 bits per heavy atom. The number of anilines is 1. The lowest BCUT2D eigenvalue weighted by Crippen LogP contribution is -2.37. The largest absolute Gasteiger partial charge is 0.388 e. The van der Waals surface area contributed by atoms with Crippen molar-refractivity contribution in [2.24, 2.45) is 0 Å². The minimum Gasteiger partial charge on any atom is -0.388 e. The summed E-state index contributed by atoms with van der Waals surface area (Å²) in [6.45, 7) is 2.17. The molecule has 2 aromatic carbocycles. The maximum absolute atomic E-state index is 12.9. The molecule has 3 rings (SSSR count). The van der Waals surface area contributed by atoms with Crippen molar-refractivity contribution in [1.82, 2.24) is 0 Å². The molecule has 0 bridgehead atoms. The van der Waals surface area contributed by atoms with Crippen molar-refractivity contribution in [1.29, 1.82) is 0 Å². The van der Waals surface area contributed by atoms with E-state index in [0.29, 0.717) is 22.7 Å². The predicted molar refractivity (Wildman–Crippen MR) is 92.2 cm³/mol. The molecule has 0 saturated heterocycles. The molecule has 4 nitrogen and oxygen atoms in total. The van der Waals surface area contributed by atoms with E-state index in [2.05, 4.69) is 0 Å². The zero-order chi connectivity index (χ0) is 16.6. The first kappa shape index (κ1) is 16.3. The highest BCUT2D eigenvalue weighted by atomic mass is 35.5. The van der Waals surface area contributed by atoms with Crippen LogP contribution in [0.2, 0.25) is 5.02 Å². The average molecular weight is 352 g/mol. The summed E-state index contributed by atoms with van der Waals surface area (Å²) in [6, 6.07) is 12.4. The predicted octanol–water partition coefficient (Wildman–Crippen LogP) is 3.42. The van der Waals surface area contributed by atoms with Crippen molar-refractivity contribution in [3.8, 4) is 0 Å². The van der Waals surface area contributed by atoms with E-state index in [1.54, 1.807) is 18.2 Å². The van der Waals surface area contributed by atoms with Gasteiger partial charge in [-0.05, 0) is 42.7 Å². The van der Waals surface area contributed by atoms with Crippen LogP contribution in [0.5, 0.6) is 0 Å². The Bertz CT molecular complexity index is 835. The normalized spacial score (nSPS) is 17.9. The number of rotatable bonds is 3. The highest BCUT2D eigenvalue weighted by Crippen LogP contribution is 2.37. The second kappa shape index (κ2) is 6.15. The highest BCUT2D eigenvalue weighted by Gasteiger charge is 2.31. The summed E-state index contributed by atoms with van der Waals surface area (Å²) in [4.78, 5) is 0. The fourth-order valence-corrected chi connectivity index (χ4v) is 4.77. The summed E-state index contributed by atoms with van der Waals surface area (Å²) in [5.41, 5.74) is 2.82. The van der Waals surface area contributed by atoms with Crippen LogP contribution in [-0.2, 0) is 15.8 Å². The Kier molecular flexibility index (Phi) is 4.36. The van der Waals surface area contributed by atoms with Gasteiger partial charge in [-0.25, -0.2) is 8.42 Å². The number of aliphatic hydroxyl groups is 1. The van der Waals surface area contributed by atoms with Gasteiger partial charge in [-0.1, -0.05) is 35.9 Å². The monoisotopic (exact) mass is 351 g/mol. The molecule has 0 aromatic heterocycles. The maximum Gasteiger partial charge on any atom is 0.239 e. The molecule has 1 heterocycles. The Labute approximate surface area is 141 Å². The van der Waals surface area contributed by atoms with E-state index in [-0.39, 0.29) is 12.3 Å². The lowest BCUT2D eigenvalue weighted by Gasteiger charge is -2.33. The molecule has 6 heteroatoms. The molecular weight excluding hydrogens is 334 g/mol. The number of aliphatic hydroxyl groups excluding tert-OH is 1. The molecule has 122 valence electrons. The minimum absolute atomic E-state index is 0.0577. The number of benzene rings is 2. The average Bonchev–Trinajstić information content (AvgIpc) is 2.50. The molecule has 0 aliphatic carbocycles. The lowest BCUT2D eigenvalue weighted by atomic mass is 10.0. The molecule has 2 aromatic rings. The van der Waals surface area contributed by atoms with Crippen molar-refractivity contribution in [3.05, 3.63) is 64.2 Å². The van der Waals surface area contributed by atoms with Crippen LogP contribution in [0.4, 0.5) is 5.69 Å². The summed E-state index contributed by atoms with van der Waals surface area (Å²) in [5.74, 6) is -0.0577. The Hall–Kier alpha value is -1.56. The summed E-state index contributed by atoms with van der Waals surface area (Å²) in [7, 11) is -3.53. The number of nitrogens with zero attached hydrogens (tertiary/aromatic N) is 1. The molecule has 1 aliphatic heterocycles. The first-order valence-corrected chi connectivity index (χ1v) is 9.39. The number of fused-ring (bicyclic) bond motifs is 1. The molecule has 0 amide bonds. The number of hydrogen-bond acceptors (Lipinski definition) is 3. The van der Waals surface area contributed by atoms with E-state index < -0.39 is 16.1 Å². The smallest absolute Gasteiger partial charge is 0.239 e. The molecule has 1 aliphatic rings. The van der Waals surface area contributed by atoms with Gasteiger partial charge < -0.3 is 5.11 Å². The number of halogens is 1. The molecule has 1 atom stereocenters. The van der Waals surface area contributed by atoms with Crippen LogP contribution in [0, 0.1) is 6.92 Å².